The third-order valence-corrected chi connectivity index (χ3v) is 24.7. The monoisotopic (exact) mass is 1370 g/mol. The molecule has 546 valence electrons. The molecule has 0 radical (unpaired) electrons. The molecule has 5 aliphatic carbocycles. The van der Waals surface area contributed by atoms with E-state index in [1.165, 1.54) is 6.92 Å². The van der Waals surface area contributed by atoms with E-state index < -0.39 is 263 Å². The number of aliphatic hydroxyl groups excluding tert-OH is 18. The van der Waals surface area contributed by atoms with Gasteiger partial charge in [0.25, 0.3) is 0 Å². The summed E-state index contributed by atoms with van der Waals surface area (Å²) in [5, 5.41) is 210. The molecule has 32 nitrogen and oxygen atoms in total. The van der Waals surface area contributed by atoms with Gasteiger partial charge in [0, 0.05) is 5.41 Å². The van der Waals surface area contributed by atoms with Crippen molar-refractivity contribution in [3.63, 3.8) is 0 Å². The highest BCUT2D eigenvalue weighted by Crippen LogP contribution is 2.76. The highest BCUT2D eigenvalue weighted by molar-refractivity contribution is 5.80. The predicted octanol–water partition coefficient (Wildman–Crippen LogP) is -6.53. The average molecular weight is 1370 g/mol. The van der Waals surface area contributed by atoms with E-state index in [0.29, 0.717) is 32.1 Å². The van der Waals surface area contributed by atoms with Crippen LogP contribution in [0.5, 0.6) is 0 Å². The Balaban J connectivity index is 0.796. The number of ether oxygens (including phenoxy) is 12. The Bertz CT molecular complexity index is 2700. The van der Waals surface area contributed by atoms with E-state index >= 15 is 4.79 Å². The lowest BCUT2D eigenvalue weighted by molar-refractivity contribution is -0.375. The summed E-state index contributed by atoms with van der Waals surface area (Å²) in [5.74, 6) is -2.12. The summed E-state index contributed by atoms with van der Waals surface area (Å²) in [6.07, 6.45) is -41.9. The minimum absolute atomic E-state index is 0.0729. The third kappa shape index (κ3) is 12.3. The highest BCUT2D eigenvalue weighted by Gasteiger charge is 2.74. The standard InChI is InChI=1S/C63H102O32/c1-24-44(90-50-42(79)45(29(70)20-84-50)91-55-48(81)62(83,22-67)23-86-55)39(76)41(78)51(87-24)93-47-35(72)28(69)19-85-54(47)95-56(82)63-13-12-57(2,3)14-26(63)25-8-9-33-58(4)15-27(68)49(59(5,21-66)32(58)10-11-60(33,6)61(25,7)16-34(63)71)94-53-43(80)46(37(74)31(18-65)89-53)92-52-40(77)38(75)36(73)30(17-64)88-52/h8,24,26-55,64-81,83H,9-23H2,1-7H3/t24-,26-,27-,28-,29+,30+,31+,32+,33+,34+,35-,36+,37+,38-,39-,40+,41+,42+,43+,44-,45-,46-,47+,48-,49-,50-,51-,52-,53-,54-,55-,58-,59+,60+,61+,62+,63+/m0/s1. The zero-order chi connectivity index (χ0) is 69.4. The molecule has 0 aromatic heterocycles. The highest BCUT2D eigenvalue weighted by atomic mass is 16.8. The van der Waals surface area contributed by atoms with Crippen LogP contribution in [-0.2, 0) is 61.6 Å². The Morgan fingerprint density at radius 1 is 0.537 bits per heavy atom. The first-order valence-corrected chi connectivity index (χ1v) is 33.2. The van der Waals surface area contributed by atoms with Crippen molar-refractivity contribution < 1.29 is 159 Å². The number of rotatable bonds is 16. The molecule has 37 atom stereocenters. The minimum Gasteiger partial charge on any atom is -0.432 e. The van der Waals surface area contributed by atoms with Crippen LogP contribution in [0.15, 0.2) is 11.6 Å². The normalized spacial score (nSPS) is 55.5. The van der Waals surface area contributed by atoms with Crippen molar-refractivity contribution in [2.24, 2.45) is 50.2 Å². The van der Waals surface area contributed by atoms with E-state index in [9.17, 15) is 97.0 Å². The smallest absolute Gasteiger partial charge is 0.317 e. The number of hydrogen-bond donors (Lipinski definition) is 19. The zero-order valence-electron chi connectivity index (χ0n) is 54.4. The molecular weight excluding hydrogens is 1270 g/mol. The van der Waals surface area contributed by atoms with Crippen molar-refractivity contribution >= 4 is 5.97 Å². The van der Waals surface area contributed by atoms with Gasteiger partial charge >= 0.3 is 5.97 Å². The molecule has 6 heterocycles. The van der Waals surface area contributed by atoms with Crippen LogP contribution in [0.4, 0.5) is 0 Å². The number of aliphatic hydroxyl groups is 19. The summed E-state index contributed by atoms with van der Waals surface area (Å²) in [6, 6.07) is 0. The van der Waals surface area contributed by atoms with Gasteiger partial charge in [-0.3, -0.25) is 4.79 Å². The summed E-state index contributed by atoms with van der Waals surface area (Å²) >= 11 is 0. The van der Waals surface area contributed by atoms with Crippen LogP contribution in [-0.4, -0.2) is 327 Å². The van der Waals surface area contributed by atoms with Crippen LogP contribution in [0, 0.1) is 50.2 Å². The van der Waals surface area contributed by atoms with Gasteiger partial charge in [-0.05, 0) is 97.7 Å². The summed E-state index contributed by atoms with van der Waals surface area (Å²) in [5.41, 5.74) is -6.58. The summed E-state index contributed by atoms with van der Waals surface area (Å²) in [4.78, 5) is 15.5. The first-order valence-electron chi connectivity index (χ1n) is 33.2. The minimum atomic E-state index is -2.09. The fourth-order valence-corrected chi connectivity index (χ4v) is 18.9. The molecule has 0 amide bonds. The first-order chi connectivity index (χ1) is 44.5. The number of fused-ring (bicyclic) bond motifs is 7. The Kier molecular flexibility index (Phi) is 21.3. The second-order valence-corrected chi connectivity index (χ2v) is 30.8. The molecule has 19 N–H and O–H groups in total. The first kappa shape index (κ1) is 74.2. The second-order valence-electron chi connectivity index (χ2n) is 30.8. The Labute approximate surface area is 548 Å². The Morgan fingerprint density at radius 2 is 1.13 bits per heavy atom. The molecular formula is C63H102O32. The molecule has 6 aliphatic heterocycles. The second kappa shape index (κ2) is 27.3. The van der Waals surface area contributed by atoms with Gasteiger partial charge in [0.15, 0.2) is 37.6 Å². The van der Waals surface area contributed by atoms with Crippen molar-refractivity contribution in [1.29, 1.82) is 0 Å². The summed E-state index contributed by atoms with van der Waals surface area (Å²) in [6.45, 7) is 9.12. The number of carbonyl (C=O) groups excluding carboxylic acids is 1. The van der Waals surface area contributed by atoms with Crippen LogP contribution in [0.25, 0.3) is 0 Å². The Morgan fingerprint density at radius 3 is 1.78 bits per heavy atom. The van der Waals surface area contributed by atoms with E-state index in [-0.39, 0.29) is 36.5 Å². The maximum Gasteiger partial charge on any atom is 0.317 e. The summed E-state index contributed by atoms with van der Waals surface area (Å²) in [7, 11) is 0. The van der Waals surface area contributed by atoms with Crippen LogP contribution in [0.2, 0.25) is 0 Å². The van der Waals surface area contributed by atoms with Crippen LogP contribution < -0.4 is 0 Å². The van der Waals surface area contributed by atoms with Crippen molar-refractivity contribution in [2.75, 3.05) is 46.2 Å². The zero-order valence-corrected chi connectivity index (χ0v) is 54.4. The average Bonchev–Trinajstić information content (AvgIpc) is 0.927. The summed E-state index contributed by atoms with van der Waals surface area (Å²) < 4.78 is 70.5. The fourth-order valence-electron chi connectivity index (χ4n) is 18.9. The van der Waals surface area contributed by atoms with Gasteiger partial charge in [-0.2, -0.15) is 0 Å². The van der Waals surface area contributed by atoms with Gasteiger partial charge in [-0.25, -0.2) is 0 Å². The van der Waals surface area contributed by atoms with Gasteiger partial charge in [-0.15, -0.1) is 0 Å². The van der Waals surface area contributed by atoms with Crippen molar-refractivity contribution in [3.8, 4) is 0 Å². The van der Waals surface area contributed by atoms with Gasteiger partial charge in [0.2, 0.25) is 6.29 Å². The predicted molar refractivity (Wildman–Crippen MR) is 313 cm³/mol. The maximum atomic E-state index is 15.5. The van der Waals surface area contributed by atoms with E-state index in [0.717, 1.165) is 5.57 Å². The largest absolute Gasteiger partial charge is 0.432 e. The van der Waals surface area contributed by atoms with Crippen molar-refractivity contribution in [1.82, 2.24) is 0 Å². The third-order valence-electron chi connectivity index (χ3n) is 24.7. The van der Waals surface area contributed by atoms with Crippen molar-refractivity contribution in [2.45, 2.75) is 277 Å². The molecule has 0 bridgehead atoms. The molecule has 0 aromatic rings. The molecule has 10 fully saturated rings. The number of esters is 1. The molecule has 11 aliphatic rings. The molecule has 0 spiro atoms. The number of carbonyl (C=O) groups is 1. The van der Waals surface area contributed by atoms with E-state index in [4.69, 9.17) is 56.8 Å². The molecule has 95 heavy (non-hydrogen) atoms. The fraction of sp³-hybridized carbons (Fsp3) is 0.952. The van der Waals surface area contributed by atoms with Gasteiger partial charge in [0.05, 0.1) is 70.7 Å². The van der Waals surface area contributed by atoms with Crippen LogP contribution in [0.3, 0.4) is 0 Å². The maximum absolute atomic E-state index is 15.5. The van der Waals surface area contributed by atoms with Gasteiger partial charge < -0.3 is 154 Å². The topological polar surface area (TPSA) is 512 Å². The Hall–Kier alpha value is -1.99. The molecule has 0 unspecified atom stereocenters. The quantitative estimate of drug-likeness (QED) is 0.0388. The van der Waals surface area contributed by atoms with E-state index in [1.54, 1.807) is 6.92 Å². The van der Waals surface area contributed by atoms with E-state index in [2.05, 4.69) is 40.7 Å². The van der Waals surface area contributed by atoms with Crippen LogP contribution in [0.1, 0.15) is 99.8 Å². The molecule has 11 rings (SSSR count). The molecule has 4 saturated carbocycles. The number of allylic oxidation sites excluding steroid dienone is 2. The SMILES string of the molecule is C[C@@H]1O[C@@H](O[C@H]2[C@H](OC(=O)[C@]34CCC(C)(C)C[C@H]3C3=CC[C@@H]5[C@@]6(C)C[C@H](O)[C@H](O[C@@H]7O[C@H](CO)[C@@H](O)[C@H](O[C@@H]8O[C@H](CO)[C@@H](O)[C@H](O)[C@H]8O)[C@H]7O)[C@](C)(CO)[C@@H]6CC[C@@]5(C)[C@]3(C)C[C@H]4O)OC[C@H](O)[C@@H]2O)[C@H](O)[C@H](O)[C@H]1O[C@@H]1OC[C@@H](O)[C@H](O[C@@H]2OC[C@](O)(CO)[C@H]2O)[C@H]1O. The van der Waals surface area contributed by atoms with Gasteiger partial charge in [-0.1, -0.05) is 53.2 Å². The lowest BCUT2D eigenvalue weighted by Crippen LogP contribution is -2.71. The lowest BCUT2D eigenvalue weighted by atomic mass is 9.33. The molecule has 0 aromatic carbocycles. The van der Waals surface area contributed by atoms with E-state index in [1.807, 2.05) is 0 Å². The molecule has 32 heteroatoms. The molecule has 6 saturated heterocycles. The lowest BCUT2D eigenvalue weighted by Gasteiger charge is -2.72. The van der Waals surface area contributed by atoms with Crippen molar-refractivity contribution in [3.05, 3.63) is 11.6 Å². The van der Waals surface area contributed by atoms with Gasteiger partial charge in [0.1, 0.15) is 115 Å². The van der Waals surface area contributed by atoms with Crippen LogP contribution >= 0.6 is 0 Å². The number of hydrogen-bond acceptors (Lipinski definition) is 32.